The molecule has 0 aromatic heterocycles. The zero-order valence-corrected chi connectivity index (χ0v) is 14.5. The van der Waals surface area contributed by atoms with E-state index < -0.39 is 0 Å². The first-order valence-electron chi connectivity index (χ1n) is 7.90. The molecule has 1 unspecified atom stereocenters. The predicted octanol–water partition coefficient (Wildman–Crippen LogP) is 4.05. The van der Waals surface area contributed by atoms with Gasteiger partial charge < -0.3 is 9.64 Å². The van der Waals surface area contributed by atoms with E-state index in [0.29, 0.717) is 19.7 Å². The molecular weight excluding hydrogens is 358 g/mol. The van der Waals surface area contributed by atoms with Crippen molar-refractivity contribution in [3.63, 3.8) is 0 Å². The van der Waals surface area contributed by atoms with Gasteiger partial charge in [-0.2, -0.15) is 0 Å². The number of nitrogens with zero attached hydrogens (tertiary/aromatic N) is 1. The van der Waals surface area contributed by atoms with E-state index in [1.54, 1.807) is 4.90 Å². The van der Waals surface area contributed by atoms with Crippen LogP contribution < -0.4 is 0 Å². The molecule has 1 aromatic rings. The van der Waals surface area contributed by atoms with Crippen molar-refractivity contribution in [1.82, 2.24) is 4.90 Å². The number of carbonyl (C=O) groups is 2. The van der Waals surface area contributed by atoms with Crippen molar-refractivity contribution in [3.05, 3.63) is 46.0 Å². The number of hydrogen-bond acceptors (Lipinski definition) is 3. The smallest absolute Gasteiger partial charge is 0.410 e. The number of ether oxygens (including phenoxy) is 1. The molecule has 1 spiro atoms. The van der Waals surface area contributed by atoms with E-state index in [1.165, 1.54) is 0 Å². The van der Waals surface area contributed by atoms with Gasteiger partial charge in [0.2, 0.25) is 0 Å². The predicted molar refractivity (Wildman–Crippen MR) is 91.1 cm³/mol. The van der Waals surface area contributed by atoms with Gasteiger partial charge in [-0.25, -0.2) is 4.79 Å². The van der Waals surface area contributed by atoms with Gasteiger partial charge in [0.05, 0.1) is 0 Å². The SMILES string of the molecule is O=CC1=C(Br)CCC2(CCN(C(=O)OCc3ccccc3)C2)C1. The lowest BCUT2D eigenvalue weighted by Gasteiger charge is -2.33. The Morgan fingerprint density at radius 1 is 1.30 bits per heavy atom. The maximum absolute atomic E-state index is 12.3. The Bertz CT molecular complexity index is 628. The molecule has 1 aromatic carbocycles. The summed E-state index contributed by atoms with van der Waals surface area (Å²) in [6, 6.07) is 9.69. The molecule has 5 heteroatoms. The second-order valence-electron chi connectivity index (χ2n) is 6.44. The molecule has 0 radical (unpaired) electrons. The van der Waals surface area contributed by atoms with Gasteiger partial charge in [-0.05, 0) is 36.7 Å². The van der Waals surface area contributed by atoms with Crippen molar-refractivity contribution in [2.24, 2.45) is 5.41 Å². The van der Waals surface area contributed by atoms with E-state index in [-0.39, 0.29) is 11.5 Å². The fourth-order valence-electron chi connectivity index (χ4n) is 3.48. The first-order valence-corrected chi connectivity index (χ1v) is 8.69. The van der Waals surface area contributed by atoms with Gasteiger partial charge in [0, 0.05) is 23.1 Å². The number of halogens is 1. The normalized spacial score (nSPS) is 24.1. The summed E-state index contributed by atoms with van der Waals surface area (Å²) in [5.74, 6) is 0. The van der Waals surface area contributed by atoms with Gasteiger partial charge in [0.25, 0.3) is 0 Å². The summed E-state index contributed by atoms with van der Waals surface area (Å²) in [5.41, 5.74) is 1.87. The van der Waals surface area contributed by atoms with Gasteiger partial charge in [-0.3, -0.25) is 4.79 Å². The maximum atomic E-state index is 12.3. The Balaban J connectivity index is 1.57. The first kappa shape index (κ1) is 16.2. The Morgan fingerprint density at radius 3 is 2.83 bits per heavy atom. The molecule has 1 saturated heterocycles. The van der Waals surface area contributed by atoms with Crippen LogP contribution in [0, 0.1) is 5.41 Å². The lowest BCUT2D eigenvalue weighted by Crippen LogP contribution is -2.34. The fraction of sp³-hybridized carbons (Fsp3) is 0.444. The summed E-state index contributed by atoms with van der Waals surface area (Å²) in [4.78, 5) is 25.2. The van der Waals surface area contributed by atoms with Gasteiger partial charge in [-0.15, -0.1) is 0 Å². The van der Waals surface area contributed by atoms with Crippen molar-refractivity contribution in [1.29, 1.82) is 0 Å². The van der Waals surface area contributed by atoms with Crippen molar-refractivity contribution in [3.8, 4) is 0 Å². The Morgan fingerprint density at radius 2 is 2.09 bits per heavy atom. The highest BCUT2D eigenvalue weighted by Crippen LogP contribution is 2.46. The van der Waals surface area contributed by atoms with Crippen LogP contribution in [0.1, 0.15) is 31.2 Å². The van der Waals surface area contributed by atoms with Crippen LogP contribution in [0.5, 0.6) is 0 Å². The molecule has 1 amide bonds. The monoisotopic (exact) mass is 377 g/mol. The third kappa shape index (κ3) is 3.66. The standard InChI is InChI=1S/C18H20BrNO3/c19-16-6-7-18(10-15(16)11-21)8-9-20(13-18)17(22)23-12-14-4-2-1-3-5-14/h1-5,11H,6-10,12-13H2. The first-order chi connectivity index (χ1) is 11.1. The number of rotatable bonds is 3. The van der Waals surface area contributed by atoms with Crippen LogP contribution in [0.2, 0.25) is 0 Å². The van der Waals surface area contributed by atoms with Gasteiger partial charge in [0.1, 0.15) is 12.9 Å². The molecule has 1 fully saturated rings. The second-order valence-corrected chi connectivity index (χ2v) is 7.39. The number of carbonyl (C=O) groups excluding carboxylic acids is 2. The molecule has 122 valence electrons. The summed E-state index contributed by atoms with van der Waals surface area (Å²) < 4.78 is 6.43. The molecule has 23 heavy (non-hydrogen) atoms. The summed E-state index contributed by atoms with van der Waals surface area (Å²) in [5, 5.41) is 0. The van der Waals surface area contributed by atoms with Crippen LogP contribution in [-0.2, 0) is 16.1 Å². The molecule has 0 N–H and O–H groups in total. The van der Waals surface area contributed by atoms with E-state index in [4.69, 9.17) is 4.74 Å². The number of allylic oxidation sites excluding steroid dienone is 2. The zero-order valence-electron chi connectivity index (χ0n) is 13.0. The molecule has 1 atom stereocenters. The highest BCUT2D eigenvalue weighted by atomic mass is 79.9. The molecule has 1 aliphatic heterocycles. The third-order valence-corrected chi connectivity index (χ3v) is 5.74. The van der Waals surface area contributed by atoms with Crippen LogP contribution in [0.4, 0.5) is 4.79 Å². The molecule has 1 aliphatic carbocycles. The number of aldehydes is 1. The summed E-state index contributed by atoms with van der Waals surface area (Å²) >= 11 is 3.48. The average molecular weight is 378 g/mol. The summed E-state index contributed by atoms with van der Waals surface area (Å²) in [6.45, 7) is 1.68. The Labute approximate surface area is 144 Å². The van der Waals surface area contributed by atoms with Crippen LogP contribution in [0.25, 0.3) is 0 Å². The molecule has 0 saturated carbocycles. The highest BCUT2D eigenvalue weighted by molar-refractivity contribution is 9.11. The van der Waals surface area contributed by atoms with E-state index >= 15 is 0 Å². The van der Waals surface area contributed by atoms with Crippen molar-refractivity contribution >= 4 is 28.3 Å². The summed E-state index contributed by atoms with van der Waals surface area (Å²) in [6.07, 6.45) is 4.26. The molecule has 1 heterocycles. The lowest BCUT2D eigenvalue weighted by molar-refractivity contribution is -0.105. The van der Waals surface area contributed by atoms with Crippen LogP contribution in [-0.4, -0.2) is 30.4 Å². The van der Waals surface area contributed by atoms with Crippen molar-refractivity contribution in [2.75, 3.05) is 13.1 Å². The lowest BCUT2D eigenvalue weighted by atomic mass is 9.73. The zero-order chi connectivity index (χ0) is 16.3. The highest BCUT2D eigenvalue weighted by Gasteiger charge is 2.42. The molecule has 3 rings (SSSR count). The van der Waals surface area contributed by atoms with Crippen LogP contribution in [0.15, 0.2) is 40.4 Å². The van der Waals surface area contributed by atoms with E-state index in [9.17, 15) is 9.59 Å². The second kappa shape index (κ2) is 6.87. The fourth-order valence-corrected chi connectivity index (χ4v) is 3.91. The van der Waals surface area contributed by atoms with Gasteiger partial charge in [0.15, 0.2) is 0 Å². The van der Waals surface area contributed by atoms with E-state index in [1.807, 2.05) is 30.3 Å². The quantitative estimate of drug-likeness (QED) is 0.746. The Hall–Kier alpha value is -1.62. The van der Waals surface area contributed by atoms with E-state index in [2.05, 4.69) is 15.9 Å². The maximum Gasteiger partial charge on any atom is 0.410 e. The molecule has 4 nitrogen and oxygen atoms in total. The van der Waals surface area contributed by atoms with Crippen LogP contribution in [0.3, 0.4) is 0 Å². The van der Waals surface area contributed by atoms with Gasteiger partial charge >= 0.3 is 6.09 Å². The minimum absolute atomic E-state index is 0.0410. The third-order valence-electron chi connectivity index (χ3n) is 4.83. The van der Waals surface area contributed by atoms with Crippen molar-refractivity contribution in [2.45, 2.75) is 32.3 Å². The largest absolute Gasteiger partial charge is 0.445 e. The molecular formula is C18H20BrNO3. The number of likely N-dealkylation sites (tertiary alicyclic amines) is 1. The molecule has 0 bridgehead atoms. The van der Waals surface area contributed by atoms with Crippen molar-refractivity contribution < 1.29 is 14.3 Å². The average Bonchev–Trinajstić information content (AvgIpc) is 3.00. The Kier molecular flexibility index (Phi) is 4.85. The molecule has 2 aliphatic rings. The minimum Gasteiger partial charge on any atom is -0.445 e. The van der Waals surface area contributed by atoms with Crippen LogP contribution >= 0.6 is 15.9 Å². The topological polar surface area (TPSA) is 46.6 Å². The number of benzene rings is 1. The minimum atomic E-state index is -0.257. The number of amides is 1. The van der Waals surface area contributed by atoms with E-state index in [0.717, 1.165) is 47.6 Å². The van der Waals surface area contributed by atoms with Gasteiger partial charge in [-0.1, -0.05) is 46.3 Å². The summed E-state index contributed by atoms with van der Waals surface area (Å²) in [7, 11) is 0. The number of hydrogen-bond donors (Lipinski definition) is 0.